The lowest BCUT2D eigenvalue weighted by molar-refractivity contribution is -0.116. The number of aryl methyl sites for hydroxylation is 2. The van der Waals surface area contributed by atoms with E-state index in [2.05, 4.69) is 10.4 Å². The molecule has 0 unspecified atom stereocenters. The van der Waals surface area contributed by atoms with E-state index in [9.17, 15) is 9.59 Å². The van der Waals surface area contributed by atoms with Gasteiger partial charge in [0.1, 0.15) is 12.3 Å². The molecule has 1 amide bonds. The molecule has 0 atom stereocenters. The van der Waals surface area contributed by atoms with Crippen LogP contribution in [-0.4, -0.2) is 27.4 Å². The number of nitrogens with zero attached hydrogens (tertiary/aromatic N) is 3. The Hall–Kier alpha value is -3.87. The molecule has 0 radical (unpaired) electrons. The SMILES string of the molecule is COc1ccccc1NC(=O)Cn1c(C)c2cnn(-c3ccccc3)c(=O)c2c1C. The van der Waals surface area contributed by atoms with Crippen LogP contribution in [0.1, 0.15) is 11.4 Å². The number of fused-ring (bicyclic) bond motifs is 1. The van der Waals surface area contributed by atoms with Crippen LogP contribution in [0.4, 0.5) is 5.69 Å². The third-order valence-electron chi connectivity index (χ3n) is 5.22. The van der Waals surface area contributed by atoms with Gasteiger partial charge in [0.25, 0.3) is 5.56 Å². The van der Waals surface area contributed by atoms with E-state index >= 15 is 0 Å². The van der Waals surface area contributed by atoms with Gasteiger partial charge in [-0.1, -0.05) is 30.3 Å². The minimum absolute atomic E-state index is 0.0785. The van der Waals surface area contributed by atoms with Crippen molar-refractivity contribution in [3.05, 3.63) is 82.5 Å². The van der Waals surface area contributed by atoms with Crippen molar-refractivity contribution in [3.63, 3.8) is 0 Å². The van der Waals surface area contributed by atoms with Gasteiger partial charge in [0, 0.05) is 16.8 Å². The molecular formula is C23H22N4O3. The number of hydrogen-bond acceptors (Lipinski definition) is 4. The average molecular weight is 402 g/mol. The standard InChI is InChI=1S/C23H22N4O3/c1-15-18-13-24-27(17-9-5-4-6-10-17)23(29)22(18)16(2)26(15)14-21(28)25-19-11-7-8-12-20(19)30-3/h4-13H,14H2,1-3H3,(H,25,28). The molecule has 2 aromatic carbocycles. The molecule has 4 aromatic rings. The molecule has 0 aliphatic carbocycles. The average Bonchev–Trinajstić information content (AvgIpc) is 3.00. The molecule has 7 heteroatoms. The van der Waals surface area contributed by atoms with Crippen molar-refractivity contribution in [1.29, 1.82) is 0 Å². The zero-order chi connectivity index (χ0) is 21.3. The van der Waals surface area contributed by atoms with Gasteiger partial charge in [-0.05, 0) is 38.1 Å². The molecule has 1 N–H and O–H groups in total. The highest BCUT2D eigenvalue weighted by molar-refractivity contribution is 5.93. The summed E-state index contributed by atoms with van der Waals surface area (Å²) in [7, 11) is 1.56. The van der Waals surface area contributed by atoms with Crippen LogP contribution in [0.5, 0.6) is 5.75 Å². The lowest BCUT2D eigenvalue weighted by atomic mass is 10.2. The number of aromatic nitrogens is 3. The summed E-state index contributed by atoms with van der Waals surface area (Å²) in [4.78, 5) is 25.9. The van der Waals surface area contributed by atoms with E-state index in [-0.39, 0.29) is 18.0 Å². The van der Waals surface area contributed by atoms with Crippen molar-refractivity contribution in [3.8, 4) is 11.4 Å². The fraction of sp³-hybridized carbons (Fsp3) is 0.174. The van der Waals surface area contributed by atoms with E-state index in [1.54, 1.807) is 25.4 Å². The Labute approximate surface area is 173 Å². The second-order valence-electron chi connectivity index (χ2n) is 6.99. The fourth-order valence-corrected chi connectivity index (χ4v) is 3.68. The van der Waals surface area contributed by atoms with Gasteiger partial charge in [0.2, 0.25) is 5.91 Å². The van der Waals surface area contributed by atoms with E-state index in [0.29, 0.717) is 22.5 Å². The van der Waals surface area contributed by atoms with Crippen molar-refractivity contribution in [1.82, 2.24) is 14.3 Å². The van der Waals surface area contributed by atoms with E-state index in [0.717, 1.165) is 16.8 Å². The maximum atomic E-state index is 13.1. The first-order chi connectivity index (χ1) is 14.5. The van der Waals surface area contributed by atoms with Crippen LogP contribution in [0.3, 0.4) is 0 Å². The van der Waals surface area contributed by atoms with Crippen molar-refractivity contribution in [2.45, 2.75) is 20.4 Å². The molecule has 4 rings (SSSR count). The topological polar surface area (TPSA) is 78.2 Å². The normalized spacial score (nSPS) is 10.9. The molecular weight excluding hydrogens is 380 g/mol. The van der Waals surface area contributed by atoms with E-state index < -0.39 is 0 Å². The summed E-state index contributed by atoms with van der Waals surface area (Å²) in [6, 6.07) is 16.5. The van der Waals surface area contributed by atoms with Gasteiger partial charge >= 0.3 is 0 Å². The number of amides is 1. The van der Waals surface area contributed by atoms with Gasteiger partial charge in [0.05, 0.1) is 30.1 Å². The van der Waals surface area contributed by atoms with Gasteiger partial charge in [-0.25, -0.2) is 0 Å². The lowest BCUT2D eigenvalue weighted by Crippen LogP contribution is -2.22. The maximum absolute atomic E-state index is 13.1. The van der Waals surface area contributed by atoms with Crippen molar-refractivity contribution in [2.24, 2.45) is 0 Å². The molecule has 7 nitrogen and oxygen atoms in total. The summed E-state index contributed by atoms with van der Waals surface area (Å²) in [5.41, 5.74) is 2.65. The molecule has 0 fully saturated rings. The van der Waals surface area contributed by atoms with Crippen molar-refractivity contribution >= 4 is 22.4 Å². The molecule has 2 aromatic heterocycles. The van der Waals surface area contributed by atoms with Crippen molar-refractivity contribution in [2.75, 3.05) is 12.4 Å². The molecule has 0 aliphatic rings. The predicted molar refractivity (Wildman–Crippen MR) is 116 cm³/mol. The Morgan fingerprint density at radius 2 is 1.73 bits per heavy atom. The second-order valence-corrected chi connectivity index (χ2v) is 6.99. The molecule has 0 bridgehead atoms. The molecule has 30 heavy (non-hydrogen) atoms. The number of carbonyl (C=O) groups is 1. The molecule has 0 saturated heterocycles. The minimum atomic E-state index is -0.206. The third-order valence-corrected chi connectivity index (χ3v) is 5.22. The van der Waals surface area contributed by atoms with Crippen LogP contribution in [0, 0.1) is 13.8 Å². The first kappa shape index (κ1) is 19.4. The van der Waals surface area contributed by atoms with E-state index in [1.165, 1.54) is 4.68 Å². The van der Waals surface area contributed by atoms with Gasteiger partial charge < -0.3 is 14.6 Å². The van der Waals surface area contributed by atoms with Gasteiger partial charge in [-0.2, -0.15) is 9.78 Å². The smallest absolute Gasteiger partial charge is 0.281 e. The van der Waals surface area contributed by atoms with Crippen LogP contribution < -0.4 is 15.6 Å². The van der Waals surface area contributed by atoms with Crippen LogP contribution in [0.2, 0.25) is 0 Å². The van der Waals surface area contributed by atoms with Gasteiger partial charge in [0.15, 0.2) is 0 Å². The van der Waals surface area contributed by atoms with Crippen LogP contribution in [0.15, 0.2) is 65.6 Å². The molecule has 0 saturated carbocycles. The Morgan fingerprint density at radius 3 is 2.47 bits per heavy atom. The number of carbonyl (C=O) groups excluding carboxylic acids is 1. The number of nitrogens with one attached hydrogen (secondary N) is 1. The number of anilines is 1. The van der Waals surface area contributed by atoms with Crippen molar-refractivity contribution < 1.29 is 9.53 Å². The first-order valence-electron chi connectivity index (χ1n) is 9.57. The molecule has 2 heterocycles. The minimum Gasteiger partial charge on any atom is -0.495 e. The van der Waals surface area contributed by atoms with Crippen LogP contribution in [0.25, 0.3) is 16.5 Å². The molecule has 152 valence electrons. The van der Waals surface area contributed by atoms with E-state index in [4.69, 9.17) is 4.74 Å². The summed E-state index contributed by atoms with van der Waals surface area (Å²) >= 11 is 0. The fourth-order valence-electron chi connectivity index (χ4n) is 3.68. The Balaban J connectivity index is 1.71. The van der Waals surface area contributed by atoms with Gasteiger partial charge in [-0.3, -0.25) is 9.59 Å². The highest BCUT2D eigenvalue weighted by Gasteiger charge is 2.18. The summed E-state index contributed by atoms with van der Waals surface area (Å²) in [5.74, 6) is 0.384. The maximum Gasteiger partial charge on any atom is 0.281 e. The molecule has 0 aliphatic heterocycles. The summed E-state index contributed by atoms with van der Waals surface area (Å²) < 4.78 is 8.51. The number of ether oxygens (including phenoxy) is 1. The Morgan fingerprint density at radius 1 is 1.03 bits per heavy atom. The molecule has 0 spiro atoms. The Bertz CT molecular complexity index is 1290. The number of rotatable bonds is 5. The largest absolute Gasteiger partial charge is 0.495 e. The number of benzene rings is 2. The summed E-state index contributed by atoms with van der Waals surface area (Å²) in [5, 5.41) is 8.52. The number of hydrogen-bond donors (Lipinski definition) is 1. The Kier molecular flexibility index (Phi) is 5.10. The predicted octanol–water partition coefficient (Wildman–Crippen LogP) is 3.45. The number of para-hydroxylation sites is 3. The zero-order valence-corrected chi connectivity index (χ0v) is 17.0. The monoisotopic (exact) mass is 402 g/mol. The zero-order valence-electron chi connectivity index (χ0n) is 17.0. The lowest BCUT2D eigenvalue weighted by Gasteiger charge is -2.12. The quantitative estimate of drug-likeness (QED) is 0.555. The summed E-state index contributed by atoms with van der Waals surface area (Å²) in [6.07, 6.45) is 1.68. The first-order valence-corrected chi connectivity index (χ1v) is 9.57. The number of methoxy groups -OCH3 is 1. The van der Waals surface area contributed by atoms with Gasteiger partial charge in [-0.15, -0.1) is 0 Å². The second kappa shape index (κ2) is 7.87. The van der Waals surface area contributed by atoms with E-state index in [1.807, 2.05) is 60.9 Å². The highest BCUT2D eigenvalue weighted by Crippen LogP contribution is 2.25. The third kappa shape index (κ3) is 3.34. The van der Waals surface area contributed by atoms with Crippen LogP contribution in [-0.2, 0) is 11.3 Å². The van der Waals surface area contributed by atoms with Crippen LogP contribution >= 0.6 is 0 Å². The summed E-state index contributed by atoms with van der Waals surface area (Å²) in [6.45, 7) is 3.82. The highest BCUT2D eigenvalue weighted by atomic mass is 16.5.